The molecule has 2 aromatic rings. The van der Waals surface area contributed by atoms with Crippen molar-refractivity contribution in [1.29, 1.82) is 0 Å². The molecule has 8 heteroatoms. The van der Waals surface area contributed by atoms with Crippen LogP contribution in [0.4, 0.5) is 5.88 Å². The van der Waals surface area contributed by atoms with Crippen LogP contribution in [-0.2, 0) is 9.53 Å². The van der Waals surface area contributed by atoms with Gasteiger partial charge in [0.05, 0.1) is 12.2 Å². The van der Waals surface area contributed by atoms with Crippen LogP contribution in [0.2, 0.25) is 0 Å². The number of ketones is 1. The highest BCUT2D eigenvalue weighted by Gasteiger charge is 2.28. The fraction of sp³-hybridized carbons (Fsp3) is 0.286. The predicted molar refractivity (Wildman–Crippen MR) is 105 cm³/mol. The number of aryl methyl sites for hydroxylation is 1. The molecule has 0 radical (unpaired) electrons. The van der Waals surface area contributed by atoms with Gasteiger partial charge in [0.15, 0.2) is 17.3 Å². The third-order valence-corrected chi connectivity index (χ3v) is 4.15. The van der Waals surface area contributed by atoms with E-state index in [0.717, 1.165) is 5.56 Å². The van der Waals surface area contributed by atoms with Crippen LogP contribution in [0.1, 0.15) is 45.9 Å². The van der Waals surface area contributed by atoms with Crippen LogP contribution in [0.15, 0.2) is 28.7 Å². The van der Waals surface area contributed by atoms with E-state index in [4.69, 9.17) is 18.6 Å². The molecule has 152 valence electrons. The maximum Gasteiger partial charge on any atom is 0.344 e. The quantitative estimate of drug-likeness (QED) is 0.451. The molecule has 0 atom stereocenters. The standard InChI is InChI=1S/C21H21NO7/c1-4-26-21(25)19-18(12(2)23)13(3)29-20(19)22-17(24)8-6-14-5-7-15-16(11-14)28-10-9-27-15/h5-8,11H,4,9-10H2,1-3H3,(H,22,24)/b8-6-. The third kappa shape index (κ3) is 4.48. The molecule has 1 aliphatic heterocycles. The average molecular weight is 399 g/mol. The van der Waals surface area contributed by atoms with Crippen molar-refractivity contribution in [3.63, 3.8) is 0 Å². The number of fused-ring (bicyclic) bond motifs is 1. The lowest BCUT2D eigenvalue weighted by atomic mass is 10.1. The first-order valence-electron chi connectivity index (χ1n) is 9.10. The lowest BCUT2D eigenvalue weighted by Crippen LogP contribution is -2.15. The van der Waals surface area contributed by atoms with Crippen LogP contribution >= 0.6 is 0 Å². The Kier molecular flexibility index (Phi) is 6.01. The first-order chi connectivity index (χ1) is 13.9. The normalized spacial score (nSPS) is 12.7. The summed E-state index contributed by atoms with van der Waals surface area (Å²) < 4.78 is 21.4. The summed E-state index contributed by atoms with van der Waals surface area (Å²) in [6.07, 6.45) is 2.87. The number of furan rings is 1. The van der Waals surface area contributed by atoms with Crippen molar-refractivity contribution in [2.24, 2.45) is 0 Å². The molecule has 0 bridgehead atoms. The Balaban J connectivity index is 1.80. The summed E-state index contributed by atoms with van der Waals surface area (Å²) in [7, 11) is 0. The Labute approximate surface area is 167 Å². The molecule has 3 rings (SSSR count). The van der Waals surface area contributed by atoms with Crippen molar-refractivity contribution in [3.05, 3.63) is 46.7 Å². The number of anilines is 1. The number of hydrogen-bond acceptors (Lipinski definition) is 7. The minimum atomic E-state index is -0.735. The van der Waals surface area contributed by atoms with Crippen LogP contribution in [0, 0.1) is 6.92 Å². The summed E-state index contributed by atoms with van der Waals surface area (Å²) >= 11 is 0. The van der Waals surface area contributed by atoms with E-state index in [1.54, 1.807) is 38.1 Å². The summed E-state index contributed by atoms with van der Waals surface area (Å²) in [5.41, 5.74) is 0.738. The molecule has 1 amide bonds. The molecule has 1 aromatic heterocycles. The SMILES string of the molecule is CCOC(=O)c1c(NC(=O)/C=C\c2ccc3c(c2)OCCO3)oc(C)c1C(C)=O. The van der Waals surface area contributed by atoms with Crippen molar-refractivity contribution < 1.29 is 33.0 Å². The summed E-state index contributed by atoms with van der Waals surface area (Å²) in [5.74, 6) is -0.262. The smallest absolute Gasteiger partial charge is 0.344 e. The molecule has 0 fully saturated rings. The number of benzene rings is 1. The van der Waals surface area contributed by atoms with Crippen LogP contribution in [0.3, 0.4) is 0 Å². The molecule has 8 nitrogen and oxygen atoms in total. The second-order valence-corrected chi connectivity index (χ2v) is 6.24. The molecule has 1 N–H and O–H groups in total. The minimum absolute atomic E-state index is 0.0853. The van der Waals surface area contributed by atoms with Gasteiger partial charge in [-0.2, -0.15) is 0 Å². The zero-order valence-electron chi connectivity index (χ0n) is 16.4. The minimum Gasteiger partial charge on any atom is -0.486 e. The Morgan fingerprint density at radius 3 is 2.55 bits per heavy atom. The first-order valence-corrected chi connectivity index (χ1v) is 9.10. The van der Waals surface area contributed by atoms with E-state index in [-0.39, 0.29) is 35.2 Å². The van der Waals surface area contributed by atoms with Crippen molar-refractivity contribution in [1.82, 2.24) is 0 Å². The number of esters is 1. The van der Waals surface area contributed by atoms with E-state index in [0.29, 0.717) is 24.7 Å². The lowest BCUT2D eigenvalue weighted by Gasteiger charge is -2.18. The van der Waals surface area contributed by atoms with Crippen LogP contribution in [0.5, 0.6) is 11.5 Å². The Morgan fingerprint density at radius 2 is 1.86 bits per heavy atom. The summed E-state index contributed by atoms with van der Waals surface area (Å²) in [5, 5.41) is 2.50. The molecule has 1 aliphatic rings. The van der Waals surface area contributed by atoms with Crippen LogP contribution < -0.4 is 14.8 Å². The number of carbonyl (C=O) groups excluding carboxylic acids is 3. The fourth-order valence-electron chi connectivity index (χ4n) is 2.94. The summed E-state index contributed by atoms with van der Waals surface area (Å²) in [6.45, 7) is 5.59. The summed E-state index contributed by atoms with van der Waals surface area (Å²) in [6, 6.07) is 5.30. The zero-order valence-corrected chi connectivity index (χ0v) is 16.4. The highest BCUT2D eigenvalue weighted by Crippen LogP contribution is 2.31. The van der Waals surface area contributed by atoms with E-state index in [2.05, 4.69) is 5.32 Å². The van der Waals surface area contributed by atoms with Gasteiger partial charge >= 0.3 is 5.97 Å². The molecule has 1 aromatic carbocycles. The molecule has 0 unspecified atom stereocenters. The van der Waals surface area contributed by atoms with E-state index < -0.39 is 11.9 Å². The molecule has 0 spiro atoms. The maximum absolute atomic E-state index is 12.3. The monoisotopic (exact) mass is 399 g/mol. The second kappa shape index (κ2) is 8.64. The van der Waals surface area contributed by atoms with Gasteiger partial charge in [-0.3, -0.25) is 14.9 Å². The Hall–Kier alpha value is -3.55. The molecule has 29 heavy (non-hydrogen) atoms. The number of ether oxygens (including phenoxy) is 3. The molecule has 0 aliphatic carbocycles. The highest BCUT2D eigenvalue weighted by atomic mass is 16.6. The Bertz CT molecular complexity index is 987. The number of carbonyl (C=O) groups is 3. The summed E-state index contributed by atoms with van der Waals surface area (Å²) in [4.78, 5) is 36.5. The average Bonchev–Trinajstić information content (AvgIpc) is 3.02. The Morgan fingerprint density at radius 1 is 1.14 bits per heavy atom. The first kappa shape index (κ1) is 20.2. The van der Waals surface area contributed by atoms with Gasteiger partial charge in [-0.05, 0) is 44.5 Å². The fourth-order valence-corrected chi connectivity index (χ4v) is 2.94. The highest BCUT2D eigenvalue weighted by molar-refractivity contribution is 6.12. The number of hydrogen-bond donors (Lipinski definition) is 1. The van der Waals surface area contributed by atoms with Crippen molar-refractivity contribution >= 4 is 29.6 Å². The molecule has 0 saturated carbocycles. The van der Waals surface area contributed by atoms with Gasteiger partial charge in [0.1, 0.15) is 24.5 Å². The van der Waals surface area contributed by atoms with Crippen LogP contribution in [-0.4, -0.2) is 37.5 Å². The lowest BCUT2D eigenvalue weighted by molar-refractivity contribution is -0.111. The third-order valence-electron chi connectivity index (χ3n) is 4.15. The van der Waals surface area contributed by atoms with E-state index >= 15 is 0 Å². The van der Waals surface area contributed by atoms with Crippen molar-refractivity contribution in [2.75, 3.05) is 25.1 Å². The van der Waals surface area contributed by atoms with E-state index in [9.17, 15) is 14.4 Å². The van der Waals surface area contributed by atoms with Gasteiger partial charge in [0.25, 0.3) is 5.91 Å². The molecular weight excluding hydrogens is 378 g/mol. The molecular formula is C21H21NO7. The van der Waals surface area contributed by atoms with Gasteiger partial charge in [-0.1, -0.05) is 6.07 Å². The maximum atomic E-state index is 12.3. The van der Waals surface area contributed by atoms with Gasteiger partial charge < -0.3 is 18.6 Å². The van der Waals surface area contributed by atoms with Crippen molar-refractivity contribution in [3.8, 4) is 11.5 Å². The number of amides is 1. The molecule has 2 heterocycles. The van der Waals surface area contributed by atoms with E-state index in [1.165, 1.54) is 13.0 Å². The number of Topliss-reactive ketones (excluding diaryl/α,β-unsaturated/α-hetero) is 1. The van der Waals surface area contributed by atoms with E-state index in [1.807, 2.05) is 0 Å². The predicted octanol–water partition coefficient (Wildman–Crippen LogP) is 3.39. The van der Waals surface area contributed by atoms with Gasteiger partial charge in [-0.15, -0.1) is 0 Å². The van der Waals surface area contributed by atoms with Gasteiger partial charge in [0, 0.05) is 6.08 Å². The van der Waals surface area contributed by atoms with Gasteiger partial charge in [0.2, 0.25) is 5.88 Å². The zero-order chi connectivity index (χ0) is 21.0. The van der Waals surface area contributed by atoms with Crippen molar-refractivity contribution in [2.45, 2.75) is 20.8 Å². The van der Waals surface area contributed by atoms with Gasteiger partial charge in [-0.25, -0.2) is 4.79 Å². The number of nitrogens with one attached hydrogen (secondary N) is 1. The topological polar surface area (TPSA) is 104 Å². The van der Waals surface area contributed by atoms with Crippen LogP contribution in [0.25, 0.3) is 6.08 Å². The second-order valence-electron chi connectivity index (χ2n) is 6.24. The largest absolute Gasteiger partial charge is 0.486 e. The molecule has 0 saturated heterocycles. The number of rotatable bonds is 6.